The van der Waals surface area contributed by atoms with Gasteiger partial charge < -0.3 is 15.4 Å². The van der Waals surface area contributed by atoms with Gasteiger partial charge in [0.15, 0.2) is 0 Å². The van der Waals surface area contributed by atoms with Crippen LogP contribution in [0.3, 0.4) is 0 Å². The fourth-order valence-electron chi connectivity index (χ4n) is 3.61. The lowest BCUT2D eigenvalue weighted by Crippen LogP contribution is -2.31. The maximum atomic E-state index is 13.5. The molecule has 0 aliphatic carbocycles. The van der Waals surface area contributed by atoms with E-state index in [1.165, 1.54) is 0 Å². The number of rotatable bonds is 6. The second kappa shape index (κ2) is 8.85. The first-order valence-electron chi connectivity index (χ1n) is 10.1. The standard InChI is InChI=1S/C23H25N5O2S/c1-5-31-23-26-22-24-15(3)19(21(29)25-18-9-7-6-8-14(18)2)20(28(22)27-23)16-10-12-17(30-4)13-11-16/h6-13,20H,5H2,1-4H3,(H,25,29)(H,24,26,27)/t20-/m1/s1. The van der Waals surface area contributed by atoms with Gasteiger partial charge in [0.1, 0.15) is 11.8 Å². The van der Waals surface area contributed by atoms with Crippen LogP contribution in [0, 0.1) is 6.92 Å². The van der Waals surface area contributed by atoms with Crippen LogP contribution in [0.4, 0.5) is 11.6 Å². The lowest BCUT2D eigenvalue weighted by molar-refractivity contribution is -0.113. The van der Waals surface area contributed by atoms with Gasteiger partial charge >= 0.3 is 0 Å². The molecule has 0 spiro atoms. The average molecular weight is 436 g/mol. The van der Waals surface area contributed by atoms with E-state index in [2.05, 4.69) is 22.5 Å². The first kappa shape index (κ1) is 21.0. The molecule has 0 saturated heterocycles. The average Bonchev–Trinajstić information content (AvgIpc) is 3.16. The van der Waals surface area contributed by atoms with Gasteiger partial charge in [-0.2, -0.15) is 4.98 Å². The van der Waals surface area contributed by atoms with Crippen LogP contribution in [0.1, 0.15) is 31.0 Å². The van der Waals surface area contributed by atoms with E-state index in [9.17, 15) is 4.79 Å². The summed E-state index contributed by atoms with van der Waals surface area (Å²) < 4.78 is 7.10. The van der Waals surface area contributed by atoms with Crippen LogP contribution >= 0.6 is 11.8 Å². The van der Waals surface area contributed by atoms with Gasteiger partial charge in [0, 0.05) is 11.4 Å². The number of aryl methyl sites for hydroxylation is 1. The van der Waals surface area contributed by atoms with Crippen LogP contribution in [-0.4, -0.2) is 33.5 Å². The SMILES string of the molecule is CCSc1nc2n(n1)[C@H](c1ccc(OC)cc1)C(C(=O)Nc1ccccc1C)=C(C)N2. The highest BCUT2D eigenvalue weighted by Gasteiger charge is 2.34. The third-order valence-corrected chi connectivity index (χ3v) is 5.90. The molecule has 31 heavy (non-hydrogen) atoms. The van der Waals surface area contributed by atoms with Crippen molar-refractivity contribution >= 4 is 29.3 Å². The summed E-state index contributed by atoms with van der Waals surface area (Å²) in [7, 11) is 1.63. The number of amides is 1. The highest BCUT2D eigenvalue weighted by atomic mass is 32.2. The van der Waals surface area contributed by atoms with Gasteiger partial charge in [-0.3, -0.25) is 4.79 Å². The van der Waals surface area contributed by atoms with Gasteiger partial charge in [-0.15, -0.1) is 5.10 Å². The minimum atomic E-state index is -0.412. The maximum Gasteiger partial charge on any atom is 0.255 e. The van der Waals surface area contributed by atoms with Gasteiger partial charge in [-0.05, 0) is 48.9 Å². The molecule has 1 aromatic heterocycles. The number of ether oxygens (including phenoxy) is 1. The zero-order valence-electron chi connectivity index (χ0n) is 18.0. The second-order valence-corrected chi connectivity index (χ2v) is 8.44. The fourth-order valence-corrected chi connectivity index (χ4v) is 4.17. The molecule has 1 atom stereocenters. The summed E-state index contributed by atoms with van der Waals surface area (Å²) in [6.07, 6.45) is 0. The molecule has 8 heteroatoms. The largest absolute Gasteiger partial charge is 0.497 e. The van der Waals surface area contributed by atoms with Crippen molar-refractivity contribution in [3.05, 3.63) is 70.9 Å². The first-order valence-corrected chi connectivity index (χ1v) is 11.1. The zero-order chi connectivity index (χ0) is 22.0. The fraction of sp³-hybridized carbons (Fsp3) is 0.261. The number of hydrogen-bond donors (Lipinski definition) is 2. The molecule has 7 nitrogen and oxygen atoms in total. The molecular weight excluding hydrogens is 410 g/mol. The molecule has 0 saturated carbocycles. The number of thioether (sulfide) groups is 1. The maximum absolute atomic E-state index is 13.5. The number of nitrogens with one attached hydrogen (secondary N) is 2. The topological polar surface area (TPSA) is 81.1 Å². The van der Waals surface area contributed by atoms with Gasteiger partial charge in [-0.25, -0.2) is 4.68 Å². The number of anilines is 2. The van der Waals surface area contributed by atoms with Crippen LogP contribution in [0.2, 0.25) is 0 Å². The Bertz CT molecular complexity index is 1140. The molecule has 160 valence electrons. The Morgan fingerprint density at radius 3 is 2.61 bits per heavy atom. The molecule has 0 unspecified atom stereocenters. The van der Waals surface area contributed by atoms with E-state index >= 15 is 0 Å². The van der Waals surface area contributed by atoms with E-state index in [0.717, 1.165) is 34.0 Å². The predicted molar refractivity (Wildman–Crippen MR) is 124 cm³/mol. The lowest BCUT2D eigenvalue weighted by atomic mass is 9.95. The third-order valence-electron chi connectivity index (χ3n) is 5.18. The first-order chi connectivity index (χ1) is 15.0. The van der Waals surface area contributed by atoms with Gasteiger partial charge in [0.25, 0.3) is 5.91 Å². The normalized spacial score (nSPS) is 15.3. The van der Waals surface area contributed by atoms with E-state index in [1.807, 2.05) is 62.4 Å². The summed E-state index contributed by atoms with van der Waals surface area (Å²) in [5, 5.41) is 11.7. The van der Waals surface area contributed by atoms with Gasteiger partial charge in [0.2, 0.25) is 11.1 Å². The van der Waals surface area contributed by atoms with Crippen molar-refractivity contribution in [3.63, 3.8) is 0 Å². The number of benzene rings is 2. The van der Waals surface area contributed by atoms with Gasteiger partial charge in [-0.1, -0.05) is 49.0 Å². The molecule has 0 bridgehead atoms. The Hall–Kier alpha value is -3.26. The molecule has 2 heterocycles. The molecule has 0 fully saturated rings. The van der Waals surface area contributed by atoms with Crippen molar-refractivity contribution in [1.29, 1.82) is 0 Å². The number of fused-ring (bicyclic) bond motifs is 1. The van der Waals surface area contributed by atoms with Crippen LogP contribution in [-0.2, 0) is 4.79 Å². The molecule has 4 rings (SSSR count). The Balaban J connectivity index is 1.78. The van der Waals surface area contributed by atoms with Crippen molar-refractivity contribution in [2.45, 2.75) is 32.0 Å². The Morgan fingerprint density at radius 2 is 1.94 bits per heavy atom. The summed E-state index contributed by atoms with van der Waals surface area (Å²) in [5.74, 6) is 2.07. The molecule has 1 amide bonds. The lowest BCUT2D eigenvalue weighted by Gasteiger charge is -2.29. The molecule has 0 radical (unpaired) electrons. The van der Waals surface area contributed by atoms with Crippen molar-refractivity contribution in [2.75, 3.05) is 23.5 Å². The van der Waals surface area contributed by atoms with Crippen molar-refractivity contribution in [1.82, 2.24) is 14.8 Å². The number of carbonyl (C=O) groups excluding carboxylic acids is 1. The Labute approximate surface area is 185 Å². The monoisotopic (exact) mass is 435 g/mol. The minimum absolute atomic E-state index is 0.175. The Kier molecular flexibility index (Phi) is 5.99. The summed E-state index contributed by atoms with van der Waals surface area (Å²) in [6.45, 7) is 5.93. The summed E-state index contributed by atoms with van der Waals surface area (Å²) in [4.78, 5) is 18.1. The highest BCUT2D eigenvalue weighted by Crippen LogP contribution is 2.37. The quantitative estimate of drug-likeness (QED) is 0.549. The summed E-state index contributed by atoms with van der Waals surface area (Å²) >= 11 is 1.57. The molecule has 1 aliphatic heterocycles. The number of hydrogen-bond acceptors (Lipinski definition) is 6. The molecule has 1 aliphatic rings. The van der Waals surface area contributed by atoms with Crippen LogP contribution in [0.5, 0.6) is 5.75 Å². The third kappa shape index (κ3) is 4.16. The van der Waals surface area contributed by atoms with E-state index in [1.54, 1.807) is 23.6 Å². The zero-order valence-corrected chi connectivity index (χ0v) is 18.8. The van der Waals surface area contributed by atoms with E-state index in [4.69, 9.17) is 9.84 Å². The van der Waals surface area contributed by atoms with Gasteiger partial charge in [0.05, 0.1) is 12.7 Å². The van der Waals surface area contributed by atoms with Crippen LogP contribution in [0.25, 0.3) is 0 Å². The highest BCUT2D eigenvalue weighted by molar-refractivity contribution is 7.99. The van der Waals surface area contributed by atoms with Crippen LogP contribution in [0.15, 0.2) is 65.0 Å². The van der Waals surface area contributed by atoms with Crippen molar-refractivity contribution < 1.29 is 9.53 Å². The van der Waals surface area contributed by atoms with E-state index in [0.29, 0.717) is 16.7 Å². The van der Waals surface area contributed by atoms with Crippen molar-refractivity contribution in [3.8, 4) is 5.75 Å². The molecule has 3 aromatic rings. The van der Waals surface area contributed by atoms with E-state index in [-0.39, 0.29) is 5.91 Å². The number of allylic oxidation sites excluding steroid dienone is 1. The molecule has 2 aromatic carbocycles. The summed E-state index contributed by atoms with van der Waals surface area (Å²) in [5.41, 5.74) is 4.06. The van der Waals surface area contributed by atoms with Crippen LogP contribution < -0.4 is 15.4 Å². The number of aromatic nitrogens is 3. The predicted octanol–water partition coefficient (Wildman–Crippen LogP) is 4.63. The number of methoxy groups -OCH3 is 1. The smallest absolute Gasteiger partial charge is 0.255 e. The second-order valence-electron chi connectivity index (χ2n) is 7.20. The Morgan fingerprint density at radius 1 is 1.19 bits per heavy atom. The molecule has 2 N–H and O–H groups in total. The van der Waals surface area contributed by atoms with E-state index < -0.39 is 6.04 Å². The number of nitrogens with zero attached hydrogens (tertiary/aromatic N) is 3. The minimum Gasteiger partial charge on any atom is -0.497 e. The van der Waals surface area contributed by atoms with Crippen molar-refractivity contribution in [2.24, 2.45) is 0 Å². The molecular formula is C23H25N5O2S. The number of para-hydroxylation sites is 1. The summed E-state index contributed by atoms with van der Waals surface area (Å²) in [6, 6.07) is 15.0. The number of carbonyl (C=O) groups is 1.